The second-order valence-electron chi connectivity index (χ2n) is 2.76. The molecule has 0 N–H and O–H groups in total. The summed E-state index contributed by atoms with van der Waals surface area (Å²) in [6, 6.07) is 1.06. The second kappa shape index (κ2) is 5.16. The van der Waals surface area contributed by atoms with Crippen LogP contribution in [-0.2, 0) is 4.74 Å². The van der Waals surface area contributed by atoms with E-state index in [2.05, 4.69) is 14.6 Å². The van der Waals surface area contributed by atoms with Crippen molar-refractivity contribution in [3.63, 3.8) is 0 Å². The molecule has 0 aliphatic carbocycles. The highest BCUT2D eigenvalue weighted by molar-refractivity contribution is 5.91. The highest BCUT2D eigenvalue weighted by Crippen LogP contribution is 2.24. The zero-order chi connectivity index (χ0) is 12.1. The molecule has 0 aliphatic rings. The Morgan fingerprint density at radius 3 is 2.88 bits per heavy atom. The molecule has 1 heterocycles. The average Bonchev–Trinajstić information content (AvgIpc) is 2.28. The van der Waals surface area contributed by atoms with E-state index >= 15 is 0 Å². The van der Waals surface area contributed by atoms with Crippen molar-refractivity contribution < 1.29 is 18.3 Å². The number of rotatable bonds is 3. The smallest absolute Gasteiger partial charge is 0.338 e. The summed E-state index contributed by atoms with van der Waals surface area (Å²) in [6.45, 7) is 8.34. The largest absolute Gasteiger partial charge is 0.462 e. The molecule has 0 saturated carbocycles. The van der Waals surface area contributed by atoms with Crippen molar-refractivity contribution in [2.75, 3.05) is 6.61 Å². The Balaban J connectivity index is 3.21. The van der Waals surface area contributed by atoms with Gasteiger partial charge >= 0.3 is 5.97 Å². The third kappa shape index (κ3) is 2.51. The van der Waals surface area contributed by atoms with Gasteiger partial charge in [-0.25, -0.2) is 18.4 Å². The first-order valence-electron chi connectivity index (χ1n) is 4.42. The van der Waals surface area contributed by atoms with Crippen molar-refractivity contribution in [2.45, 2.75) is 13.3 Å². The lowest BCUT2D eigenvalue weighted by atomic mass is 10.2. The molecule has 0 unspecified atom stereocenters. The Labute approximate surface area is 90.7 Å². The average molecular weight is 226 g/mol. The van der Waals surface area contributed by atoms with Crippen molar-refractivity contribution in [3.05, 3.63) is 34.9 Å². The Hall–Kier alpha value is -2.03. The van der Waals surface area contributed by atoms with Crippen LogP contribution >= 0.6 is 0 Å². The lowest BCUT2D eigenvalue weighted by molar-refractivity contribution is 0.0513. The number of hydrogen-bond donors (Lipinski definition) is 0. The van der Waals surface area contributed by atoms with Crippen LogP contribution in [0, 0.1) is 6.57 Å². The van der Waals surface area contributed by atoms with E-state index in [9.17, 15) is 13.6 Å². The van der Waals surface area contributed by atoms with Crippen LogP contribution < -0.4 is 0 Å². The highest BCUT2D eigenvalue weighted by Gasteiger charge is 2.21. The number of pyridine rings is 1. The third-order valence-electron chi connectivity index (χ3n) is 1.74. The number of halogens is 2. The van der Waals surface area contributed by atoms with E-state index in [4.69, 9.17) is 6.57 Å². The number of aromatic nitrogens is 1. The van der Waals surface area contributed by atoms with Crippen LogP contribution in [0.4, 0.5) is 14.5 Å². The maximum Gasteiger partial charge on any atom is 0.338 e. The Morgan fingerprint density at radius 2 is 2.38 bits per heavy atom. The molecule has 16 heavy (non-hydrogen) atoms. The first-order chi connectivity index (χ1) is 7.60. The van der Waals surface area contributed by atoms with Crippen LogP contribution in [0.15, 0.2) is 12.3 Å². The van der Waals surface area contributed by atoms with Crippen molar-refractivity contribution in [1.82, 2.24) is 4.98 Å². The highest BCUT2D eigenvalue weighted by atomic mass is 19.3. The maximum absolute atomic E-state index is 12.5. The molecule has 0 saturated heterocycles. The molecule has 0 radical (unpaired) electrons. The first kappa shape index (κ1) is 12.0. The van der Waals surface area contributed by atoms with E-state index in [0.717, 1.165) is 12.3 Å². The molecule has 0 aliphatic heterocycles. The van der Waals surface area contributed by atoms with E-state index in [-0.39, 0.29) is 17.9 Å². The number of ether oxygens (including phenoxy) is 1. The van der Waals surface area contributed by atoms with E-state index in [1.165, 1.54) is 0 Å². The van der Waals surface area contributed by atoms with Crippen molar-refractivity contribution in [1.29, 1.82) is 0 Å². The standard InChI is InChI=1S/C10H8F2N2O2/c1-3-16-10(15)7-4-6(13-2)5-14-8(7)9(11)12/h4-5,9H,3H2,1H3. The van der Waals surface area contributed by atoms with Crippen LogP contribution in [-0.4, -0.2) is 17.6 Å². The minimum absolute atomic E-state index is 0.0208. The van der Waals surface area contributed by atoms with Gasteiger partial charge in [-0.3, -0.25) is 4.98 Å². The van der Waals surface area contributed by atoms with Gasteiger partial charge in [-0.2, -0.15) is 0 Å². The number of hydrogen-bond acceptors (Lipinski definition) is 3. The van der Waals surface area contributed by atoms with Gasteiger partial charge in [0.05, 0.1) is 18.7 Å². The molecule has 0 amide bonds. The van der Waals surface area contributed by atoms with Crippen LogP contribution in [0.2, 0.25) is 0 Å². The minimum Gasteiger partial charge on any atom is -0.462 e. The lowest BCUT2D eigenvalue weighted by Crippen LogP contribution is -2.09. The number of nitrogens with zero attached hydrogens (tertiary/aromatic N) is 2. The Morgan fingerprint density at radius 1 is 1.69 bits per heavy atom. The normalized spacial score (nSPS) is 9.94. The van der Waals surface area contributed by atoms with Gasteiger partial charge in [0, 0.05) is 6.20 Å². The molecule has 1 aromatic heterocycles. The van der Waals surface area contributed by atoms with Gasteiger partial charge in [0.2, 0.25) is 5.69 Å². The molecule has 1 aromatic rings. The molecular weight excluding hydrogens is 218 g/mol. The van der Waals surface area contributed by atoms with Gasteiger partial charge in [-0.05, 0) is 13.0 Å². The number of alkyl halides is 2. The first-order valence-corrected chi connectivity index (χ1v) is 4.42. The molecule has 84 valence electrons. The maximum atomic E-state index is 12.5. The second-order valence-corrected chi connectivity index (χ2v) is 2.76. The molecular formula is C10H8F2N2O2. The van der Waals surface area contributed by atoms with Crippen molar-refractivity contribution >= 4 is 11.7 Å². The van der Waals surface area contributed by atoms with E-state index in [0.29, 0.717) is 0 Å². The monoisotopic (exact) mass is 226 g/mol. The van der Waals surface area contributed by atoms with Gasteiger partial charge in [0.25, 0.3) is 6.43 Å². The third-order valence-corrected chi connectivity index (χ3v) is 1.74. The number of esters is 1. The Bertz CT molecular complexity index is 441. The lowest BCUT2D eigenvalue weighted by Gasteiger charge is -2.07. The van der Waals surface area contributed by atoms with Crippen LogP contribution in [0.3, 0.4) is 0 Å². The van der Waals surface area contributed by atoms with E-state index in [1.54, 1.807) is 6.92 Å². The quantitative estimate of drug-likeness (QED) is 0.588. The van der Waals surface area contributed by atoms with E-state index in [1.807, 2.05) is 0 Å². The summed E-state index contributed by atoms with van der Waals surface area (Å²) in [5.41, 5.74) is -0.997. The molecule has 0 aromatic carbocycles. The summed E-state index contributed by atoms with van der Waals surface area (Å²) in [7, 11) is 0. The summed E-state index contributed by atoms with van der Waals surface area (Å²) in [6.07, 6.45) is -1.88. The predicted molar refractivity (Wildman–Crippen MR) is 51.4 cm³/mol. The van der Waals surface area contributed by atoms with Crippen molar-refractivity contribution in [3.8, 4) is 0 Å². The fourth-order valence-electron chi connectivity index (χ4n) is 1.07. The molecule has 0 spiro atoms. The fourth-order valence-corrected chi connectivity index (χ4v) is 1.07. The van der Waals surface area contributed by atoms with Crippen LogP contribution in [0.25, 0.3) is 4.85 Å². The van der Waals surface area contributed by atoms with Gasteiger partial charge in [-0.1, -0.05) is 0 Å². The number of carbonyl (C=O) groups excluding carboxylic acids is 1. The zero-order valence-electron chi connectivity index (χ0n) is 8.41. The fraction of sp³-hybridized carbons (Fsp3) is 0.300. The molecule has 4 nitrogen and oxygen atoms in total. The summed E-state index contributed by atoms with van der Waals surface area (Å²) in [5.74, 6) is -0.893. The summed E-state index contributed by atoms with van der Waals surface area (Å²) in [4.78, 5) is 17.7. The SMILES string of the molecule is [C-]#[N+]c1cnc(C(F)F)c(C(=O)OCC)c1. The molecule has 0 fully saturated rings. The van der Waals surface area contributed by atoms with Gasteiger partial charge in [0.15, 0.2) is 0 Å². The summed E-state index contributed by atoms with van der Waals surface area (Å²) in [5, 5.41) is 0. The zero-order valence-corrected chi connectivity index (χ0v) is 8.41. The van der Waals surface area contributed by atoms with E-state index < -0.39 is 18.1 Å². The van der Waals surface area contributed by atoms with Gasteiger partial charge < -0.3 is 4.74 Å². The molecule has 0 bridgehead atoms. The van der Waals surface area contributed by atoms with Crippen LogP contribution in [0.1, 0.15) is 29.4 Å². The minimum atomic E-state index is -2.88. The van der Waals surface area contributed by atoms with Gasteiger partial charge in [-0.15, -0.1) is 0 Å². The predicted octanol–water partition coefficient (Wildman–Crippen LogP) is 2.75. The topological polar surface area (TPSA) is 43.5 Å². The van der Waals surface area contributed by atoms with Crippen molar-refractivity contribution in [2.24, 2.45) is 0 Å². The molecule has 1 rings (SSSR count). The molecule has 6 heteroatoms. The Kier molecular flexibility index (Phi) is 3.89. The number of carbonyl (C=O) groups is 1. The summed E-state index contributed by atoms with van der Waals surface area (Å²) < 4.78 is 29.6. The summed E-state index contributed by atoms with van der Waals surface area (Å²) >= 11 is 0. The van der Waals surface area contributed by atoms with Crippen LogP contribution in [0.5, 0.6) is 0 Å². The van der Waals surface area contributed by atoms with Gasteiger partial charge in [0.1, 0.15) is 5.69 Å². The molecule has 0 atom stereocenters.